The molecule has 2 heterocycles. The van der Waals surface area contributed by atoms with Gasteiger partial charge in [0.2, 0.25) is 11.7 Å². The summed E-state index contributed by atoms with van der Waals surface area (Å²) in [6.45, 7) is 1.39. The summed E-state index contributed by atoms with van der Waals surface area (Å²) in [5, 5.41) is 6.86. The molecule has 0 saturated carbocycles. The van der Waals surface area contributed by atoms with E-state index in [9.17, 15) is 9.59 Å². The van der Waals surface area contributed by atoms with Gasteiger partial charge in [0.15, 0.2) is 11.5 Å². The Morgan fingerprint density at radius 1 is 1.06 bits per heavy atom. The number of aromatic amines is 1. The highest BCUT2D eigenvalue weighted by atomic mass is 16.5. The number of aromatic nitrogens is 1. The molecule has 1 aliphatic heterocycles. The number of rotatable bonds is 7. The number of fused-ring (bicyclic) bond motifs is 3. The van der Waals surface area contributed by atoms with Crippen LogP contribution in [0.2, 0.25) is 0 Å². The predicted octanol–water partition coefficient (Wildman–Crippen LogP) is 3.29. The average molecular weight is 453 g/mol. The SMILES string of the molecule is COc1cc(NC(=O)CCNC(=O)N2CCc3c([nH]c4ccccc34)C2)cc(OC)c1OC. The number of methoxy groups -OCH3 is 3. The van der Waals surface area contributed by atoms with Gasteiger partial charge in [0.25, 0.3) is 0 Å². The highest BCUT2D eigenvalue weighted by Crippen LogP contribution is 2.39. The minimum atomic E-state index is -0.235. The van der Waals surface area contributed by atoms with E-state index in [2.05, 4.69) is 21.7 Å². The van der Waals surface area contributed by atoms with Crippen LogP contribution >= 0.6 is 0 Å². The number of hydrogen-bond acceptors (Lipinski definition) is 5. The Morgan fingerprint density at radius 2 is 1.79 bits per heavy atom. The molecular weight excluding hydrogens is 424 g/mol. The van der Waals surface area contributed by atoms with Crippen molar-refractivity contribution in [2.45, 2.75) is 19.4 Å². The van der Waals surface area contributed by atoms with Crippen LogP contribution in [0.4, 0.5) is 10.5 Å². The van der Waals surface area contributed by atoms with Gasteiger partial charge in [0.05, 0.1) is 27.9 Å². The minimum absolute atomic E-state index is 0.133. The van der Waals surface area contributed by atoms with Crippen LogP contribution in [0.3, 0.4) is 0 Å². The van der Waals surface area contributed by atoms with Crippen LogP contribution in [-0.2, 0) is 17.8 Å². The molecule has 3 N–H and O–H groups in total. The van der Waals surface area contributed by atoms with Crippen molar-refractivity contribution < 1.29 is 23.8 Å². The Morgan fingerprint density at radius 3 is 2.48 bits per heavy atom. The van der Waals surface area contributed by atoms with E-state index in [4.69, 9.17) is 14.2 Å². The monoisotopic (exact) mass is 452 g/mol. The van der Waals surface area contributed by atoms with Gasteiger partial charge in [-0.3, -0.25) is 4.79 Å². The fourth-order valence-corrected chi connectivity index (χ4v) is 4.14. The highest BCUT2D eigenvalue weighted by Gasteiger charge is 2.23. The van der Waals surface area contributed by atoms with Crippen LogP contribution in [0, 0.1) is 0 Å². The van der Waals surface area contributed by atoms with Crippen LogP contribution in [0.5, 0.6) is 17.2 Å². The molecular formula is C24H28N4O5. The Labute approximate surface area is 192 Å². The van der Waals surface area contributed by atoms with E-state index in [0.29, 0.717) is 36.0 Å². The number of carbonyl (C=O) groups is 2. The standard InChI is InChI=1S/C24H28N4O5/c1-31-20-12-15(13-21(32-2)23(20)33-3)26-22(29)8-10-25-24(30)28-11-9-17-16-6-4-5-7-18(16)27-19(17)14-28/h4-7,12-13,27H,8-11,14H2,1-3H3,(H,25,30)(H,26,29). The number of nitrogens with zero attached hydrogens (tertiary/aromatic N) is 1. The minimum Gasteiger partial charge on any atom is -0.493 e. The maximum absolute atomic E-state index is 12.6. The molecule has 3 amide bonds. The number of anilines is 1. The predicted molar refractivity (Wildman–Crippen MR) is 125 cm³/mol. The number of hydrogen-bond donors (Lipinski definition) is 3. The first-order valence-electron chi connectivity index (χ1n) is 10.7. The van der Waals surface area contributed by atoms with E-state index in [0.717, 1.165) is 17.6 Å². The van der Waals surface area contributed by atoms with Crippen LogP contribution in [0.15, 0.2) is 36.4 Å². The van der Waals surface area contributed by atoms with E-state index < -0.39 is 0 Å². The number of para-hydroxylation sites is 1. The molecule has 0 radical (unpaired) electrons. The average Bonchev–Trinajstić information content (AvgIpc) is 3.21. The van der Waals surface area contributed by atoms with Gasteiger partial charge in [-0.1, -0.05) is 18.2 Å². The summed E-state index contributed by atoms with van der Waals surface area (Å²) >= 11 is 0. The molecule has 0 spiro atoms. The van der Waals surface area contributed by atoms with Crippen molar-refractivity contribution in [2.24, 2.45) is 0 Å². The van der Waals surface area contributed by atoms with Crippen LogP contribution < -0.4 is 24.8 Å². The number of H-pyrrole nitrogens is 1. The van der Waals surface area contributed by atoms with Gasteiger partial charge in [-0.25, -0.2) is 4.79 Å². The molecule has 2 aromatic carbocycles. The molecule has 33 heavy (non-hydrogen) atoms. The molecule has 3 aromatic rings. The van der Waals surface area contributed by atoms with Gasteiger partial charge in [0, 0.05) is 53.9 Å². The highest BCUT2D eigenvalue weighted by molar-refractivity contribution is 5.92. The summed E-state index contributed by atoms with van der Waals surface area (Å²) < 4.78 is 15.9. The van der Waals surface area contributed by atoms with E-state index >= 15 is 0 Å². The third-order valence-electron chi connectivity index (χ3n) is 5.75. The lowest BCUT2D eigenvalue weighted by Crippen LogP contribution is -2.43. The number of amides is 3. The maximum atomic E-state index is 12.6. The lowest BCUT2D eigenvalue weighted by atomic mass is 10.0. The summed E-state index contributed by atoms with van der Waals surface area (Å²) in [5.74, 6) is 1.11. The van der Waals surface area contributed by atoms with Crippen molar-refractivity contribution in [1.82, 2.24) is 15.2 Å². The molecule has 9 heteroatoms. The third kappa shape index (κ3) is 4.67. The second-order valence-electron chi connectivity index (χ2n) is 7.74. The first-order valence-corrected chi connectivity index (χ1v) is 10.7. The number of ether oxygens (including phenoxy) is 3. The summed E-state index contributed by atoms with van der Waals surface area (Å²) in [5.41, 5.74) is 3.95. The Bertz CT molecular complexity index is 1150. The van der Waals surface area contributed by atoms with Gasteiger partial charge in [0.1, 0.15) is 0 Å². The number of benzene rings is 2. The van der Waals surface area contributed by atoms with Crippen molar-refractivity contribution >= 4 is 28.5 Å². The quantitative estimate of drug-likeness (QED) is 0.510. The summed E-state index contributed by atoms with van der Waals surface area (Å²) in [7, 11) is 4.54. The van der Waals surface area contributed by atoms with Crippen molar-refractivity contribution in [3.8, 4) is 17.2 Å². The van der Waals surface area contributed by atoms with Crippen molar-refractivity contribution in [3.63, 3.8) is 0 Å². The van der Waals surface area contributed by atoms with Crippen LogP contribution in [-0.4, -0.2) is 56.2 Å². The summed E-state index contributed by atoms with van der Waals surface area (Å²) in [6, 6.07) is 11.3. The fourth-order valence-electron chi connectivity index (χ4n) is 4.14. The van der Waals surface area contributed by atoms with Gasteiger partial charge in [-0.2, -0.15) is 0 Å². The van der Waals surface area contributed by atoms with Gasteiger partial charge < -0.3 is 34.7 Å². The molecule has 1 aromatic heterocycles. The molecule has 0 fully saturated rings. The summed E-state index contributed by atoms with van der Waals surface area (Å²) in [4.78, 5) is 30.2. The molecule has 9 nitrogen and oxygen atoms in total. The first kappa shape index (κ1) is 22.3. The lowest BCUT2D eigenvalue weighted by molar-refractivity contribution is -0.116. The zero-order valence-electron chi connectivity index (χ0n) is 19.0. The fraction of sp³-hybridized carbons (Fsp3) is 0.333. The first-order chi connectivity index (χ1) is 16.0. The van der Waals surface area contributed by atoms with E-state index in [1.54, 1.807) is 17.0 Å². The second kappa shape index (κ2) is 9.72. The number of urea groups is 1. The molecule has 0 unspecified atom stereocenters. The zero-order valence-corrected chi connectivity index (χ0v) is 19.0. The van der Waals surface area contributed by atoms with Gasteiger partial charge in [-0.05, 0) is 18.1 Å². The third-order valence-corrected chi connectivity index (χ3v) is 5.75. The van der Waals surface area contributed by atoms with Gasteiger partial charge in [-0.15, -0.1) is 0 Å². The van der Waals surface area contributed by atoms with E-state index in [1.807, 2.05) is 18.2 Å². The van der Waals surface area contributed by atoms with E-state index in [-0.39, 0.29) is 24.9 Å². The number of carbonyl (C=O) groups excluding carboxylic acids is 2. The molecule has 1 aliphatic rings. The topological polar surface area (TPSA) is 105 Å². The molecule has 0 bridgehead atoms. The number of nitrogens with one attached hydrogen (secondary N) is 3. The van der Waals surface area contributed by atoms with Crippen LogP contribution in [0.1, 0.15) is 17.7 Å². The molecule has 4 rings (SSSR count). The Balaban J connectivity index is 1.30. The van der Waals surface area contributed by atoms with Crippen LogP contribution in [0.25, 0.3) is 10.9 Å². The molecule has 0 atom stereocenters. The molecule has 0 aliphatic carbocycles. The Hall–Kier alpha value is -3.88. The van der Waals surface area contributed by atoms with E-state index in [1.165, 1.54) is 32.3 Å². The zero-order chi connectivity index (χ0) is 23.4. The molecule has 0 saturated heterocycles. The Kier molecular flexibility index (Phi) is 6.58. The van der Waals surface area contributed by atoms with Crippen molar-refractivity contribution in [2.75, 3.05) is 39.7 Å². The van der Waals surface area contributed by atoms with Gasteiger partial charge >= 0.3 is 6.03 Å². The normalized spacial score (nSPS) is 12.8. The lowest BCUT2D eigenvalue weighted by Gasteiger charge is -2.27. The smallest absolute Gasteiger partial charge is 0.317 e. The maximum Gasteiger partial charge on any atom is 0.317 e. The summed E-state index contributed by atoms with van der Waals surface area (Å²) in [6.07, 6.45) is 0.933. The second-order valence-corrected chi connectivity index (χ2v) is 7.74. The van der Waals surface area contributed by atoms with Crippen molar-refractivity contribution in [3.05, 3.63) is 47.7 Å². The largest absolute Gasteiger partial charge is 0.493 e. The molecule has 174 valence electrons. The van der Waals surface area contributed by atoms with Crippen molar-refractivity contribution in [1.29, 1.82) is 0 Å².